The fourth-order valence-corrected chi connectivity index (χ4v) is 3.96. The van der Waals surface area contributed by atoms with Gasteiger partial charge in [0.2, 0.25) is 0 Å². The van der Waals surface area contributed by atoms with Crippen LogP contribution in [0.5, 0.6) is 0 Å². The zero-order chi connectivity index (χ0) is 15.8. The van der Waals surface area contributed by atoms with Crippen molar-refractivity contribution in [1.29, 1.82) is 0 Å². The van der Waals surface area contributed by atoms with Gasteiger partial charge in [-0.25, -0.2) is 0 Å². The van der Waals surface area contributed by atoms with Crippen molar-refractivity contribution in [2.45, 2.75) is 38.4 Å². The Morgan fingerprint density at radius 3 is 2.87 bits per heavy atom. The number of hydrogen-bond donors (Lipinski definition) is 0. The summed E-state index contributed by atoms with van der Waals surface area (Å²) in [6.45, 7) is 4.72. The van der Waals surface area contributed by atoms with E-state index in [4.69, 9.17) is 4.42 Å². The normalized spacial score (nSPS) is 24.1. The Labute approximate surface area is 135 Å². The molecule has 0 N–H and O–H groups in total. The smallest absolute Gasteiger partial charge is 0.289 e. The van der Waals surface area contributed by atoms with Gasteiger partial charge in [-0.15, -0.1) is 0 Å². The van der Waals surface area contributed by atoms with Crippen molar-refractivity contribution in [2.75, 3.05) is 13.1 Å². The summed E-state index contributed by atoms with van der Waals surface area (Å²) >= 11 is 0. The van der Waals surface area contributed by atoms with Gasteiger partial charge in [-0.3, -0.25) is 14.7 Å². The minimum Gasteiger partial charge on any atom is -0.459 e. The molecular formula is C18H21N3O2. The van der Waals surface area contributed by atoms with Crippen molar-refractivity contribution < 1.29 is 9.21 Å². The number of aromatic nitrogens is 1. The van der Waals surface area contributed by atoms with E-state index in [1.54, 1.807) is 18.4 Å². The van der Waals surface area contributed by atoms with Crippen LogP contribution in [0, 0.1) is 6.92 Å². The number of aryl methyl sites for hydroxylation is 1. The molecule has 0 bridgehead atoms. The maximum atomic E-state index is 12.6. The van der Waals surface area contributed by atoms with E-state index < -0.39 is 0 Å². The largest absolute Gasteiger partial charge is 0.459 e. The van der Waals surface area contributed by atoms with Gasteiger partial charge in [0.15, 0.2) is 5.76 Å². The van der Waals surface area contributed by atoms with Crippen LogP contribution in [-0.4, -0.2) is 45.9 Å². The van der Waals surface area contributed by atoms with E-state index in [-0.39, 0.29) is 5.91 Å². The number of carbonyl (C=O) groups excluding carboxylic acids is 1. The molecule has 5 heteroatoms. The van der Waals surface area contributed by atoms with Crippen LogP contribution < -0.4 is 0 Å². The predicted octanol–water partition coefficient (Wildman–Crippen LogP) is 2.47. The number of hydrogen-bond acceptors (Lipinski definition) is 4. The van der Waals surface area contributed by atoms with E-state index in [1.165, 1.54) is 0 Å². The summed E-state index contributed by atoms with van der Waals surface area (Å²) < 4.78 is 5.28. The average molecular weight is 311 g/mol. The quantitative estimate of drug-likeness (QED) is 0.874. The summed E-state index contributed by atoms with van der Waals surface area (Å²) in [5.41, 5.74) is 2.17. The van der Waals surface area contributed by atoms with E-state index >= 15 is 0 Å². The van der Waals surface area contributed by atoms with Crippen LogP contribution in [0.1, 0.15) is 34.8 Å². The summed E-state index contributed by atoms with van der Waals surface area (Å²) in [5.74, 6) is 0.475. The monoisotopic (exact) mass is 311 g/mol. The van der Waals surface area contributed by atoms with Gasteiger partial charge >= 0.3 is 0 Å². The third-order valence-electron chi connectivity index (χ3n) is 5.00. The number of furan rings is 1. The molecule has 120 valence electrons. The summed E-state index contributed by atoms with van der Waals surface area (Å²) in [6.07, 6.45) is 3.62. The molecular weight excluding hydrogens is 290 g/mol. The number of nitrogens with zero attached hydrogens (tertiary/aromatic N) is 3. The highest BCUT2D eigenvalue weighted by atomic mass is 16.3. The second kappa shape index (κ2) is 5.81. The zero-order valence-electron chi connectivity index (χ0n) is 13.3. The molecule has 5 nitrogen and oxygen atoms in total. The fraction of sp³-hybridized carbons (Fsp3) is 0.444. The van der Waals surface area contributed by atoms with Crippen LogP contribution in [0.25, 0.3) is 0 Å². The zero-order valence-corrected chi connectivity index (χ0v) is 13.3. The Kier molecular flexibility index (Phi) is 3.65. The molecule has 2 aliphatic rings. The number of amides is 1. The number of pyridine rings is 1. The van der Waals surface area contributed by atoms with Crippen molar-refractivity contribution in [3.05, 3.63) is 53.7 Å². The minimum absolute atomic E-state index is 0.0260. The highest BCUT2D eigenvalue weighted by Crippen LogP contribution is 2.33. The lowest BCUT2D eigenvalue weighted by atomic mass is 10.1. The van der Waals surface area contributed by atoms with Crippen LogP contribution in [0.2, 0.25) is 0 Å². The van der Waals surface area contributed by atoms with Crippen molar-refractivity contribution in [2.24, 2.45) is 0 Å². The predicted molar refractivity (Wildman–Crippen MR) is 85.9 cm³/mol. The van der Waals surface area contributed by atoms with Crippen molar-refractivity contribution in [1.82, 2.24) is 14.8 Å². The van der Waals surface area contributed by atoms with Gasteiger partial charge in [0.05, 0.1) is 12.0 Å². The summed E-state index contributed by atoms with van der Waals surface area (Å²) in [6, 6.07) is 10.4. The lowest BCUT2D eigenvalue weighted by Crippen LogP contribution is -2.39. The maximum absolute atomic E-state index is 12.6. The molecule has 0 aliphatic carbocycles. The van der Waals surface area contributed by atoms with Gasteiger partial charge in [0.25, 0.3) is 5.91 Å². The Morgan fingerprint density at radius 2 is 2.09 bits per heavy atom. The molecule has 2 aromatic rings. The molecule has 0 spiro atoms. The van der Waals surface area contributed by atoms with Gasteiger partial charge < -0.3 is 9.32 Å². The summed E-state index contributed by atoms with van der Waals surface area (Å²) in [7, 11) is 0. The lowest BCUT2D eigenvalue weighted by molar-refractivity contribution is 0.0699. The van der Waals surface area contributed by atoms with Crippen molar-refractivity contribution in [3.63, 3.8) is 0 Å². The first-order valence-corrected chi connectivity index (χ1v) is 8.23. The van der Waals surface area contributed by atoms with Gasteiger partial charge in [-0.2, -0.15) is 0 Å². The molecule has 4 rings (SSSR count). The molecule has 2 aliphatic heterocycles. The standard InChI is InChI=1S/C18H21N3O2/c1-13-4-2-5-14(19-13)12-20-9-7-16-15(20)8-10-21(16)18(22)17-6-3-11-23-17/h2-6,11,15-16H,7-10,12H2,1H3/t15-,16+/m0/s1. The van der Waals surface area contributed by atoms with E-state index in [2.05, 4.69) is 22.0 Å². The second-order valence-electron chi connectivity index (χ2n) is 6.43. The maximum Gasteiger partial charge on any atom is 0.289 e. The minimum atomic E-state index is 0.0260. The topological polar surface area (TPSA) is 49.6 Å². The van der Waals surface area contributed by atoms with E-state index in [0.29, 0.717) is 17.8 Å². The first kappa shape index (κ1) is 14.5. The van der Waals surface area contributed by atoms with Crippen LogP contribution in [0.4, 0.5) is 0 Å². The number of carbonyl (C=O) groups is 1. The summed E-state index contributed by atoms with van der Waals surface area (Å²) in [5, 5.41) is 0. The lowest BCUT2D eigenvalue weighted by Gasteiger charge is -2.25. The number of likely N-dealkylation sites (tertiary alicyclic amines) is 2. The molecule has 1 amide bonds. The van der Waals surface area contributed by atoms with Gasteiger partial charge in [0.1, 0.15) is 0 Å². The van der Waals surface area contributed by atoms with E-state index in [0.717, 1.165) is 43.9 Å². The summed E-state index contributed by atoms with van der Waals surface area (Å²) in [4.78, 5) is 21.6. The molecule has 0 aromatic carbocycles. The average Bonchev–Trinajstić information content (AvgIpc) is 3.25. The Bertz CT molecular complexity index is 698. The molecule has 4 heterocycles. The molecule has 0 saturated carbocycles. The highest BCUT2D eigenvalue weighted by Gasteiger charge is 2.44. The third kappa shape index (κ3) is 2.65. The van der Waals surface area contributed by atoms with Gasteiger partial charge in [0, 0.05) is 37.4 Å². The highest BCUT2D eigenvalue weighted by molar-refractivity contribution is 5.92. The number of rotatable bonds is 3. The SMILES string of the molecule is Cc1cccc(CN2CC[C@@H]3[C@@H]2CCN3C(=O)c2ccco2)n1. The molecule has 2 aromatic heterocycles. The molecule has 0 unspecified atom stereocenters. The molecule has 2 saturated heterocycles. The van der Waals surface area contributed by atoms with E-state index in [9.17, 15) is 4.79 Å². The Hall–Kier alpha value is -2.14. The molecule has 23 heavy (non-hydrogen) atoms. The molecule has 2 fully saturated rings. The van der Waals surface area contributed by atoms with Crippen LogP contribution in [0.15, 0.2) is 41.0 Å². The third-order valence-corrected chi connectivity index (χ3v) is 5.00. The molecule has 2 atom stereocenters. The number of fused-ring (bicyclic) bond motifs is 1. The Morgan fingerprint density at radius 1 is 1.22 bits per heavy atom. The van der Waals surface area contributed by atoms with E-state index in [1.807, 2.05) is 17.9 Å². The molecule has 0 radical (unpaired) electrons. The van der Waals surface area contributed by atoms with Crippen molar-refractivity contribution in [3.8, 4) is 0 Å². The first-order valence-electron chi connectivity index (χ1n) is 8.23. The van der Waals surface area contributed by atoms with Gasteiger partial charge in [-0.05, 0) is 44.0 Å². The fourth-order valence-electron chi connectivity index (χ4n) is 3.96. The van der Waals surface area contributed by atoms with Crippen LogP contribution in [0.3, 0.4) is 0 Å². The Balaban J connectivity index is 1.46. The van der Waals surface area contributed by atoms with Gasteiger partial charge in [-0.1, -0.05) is 6.07 Å². The van der Waals surface area contributed by atoms with Crippen LogP contribution in [-0.2, 0) is 6.54 Å². The van der Waals surface area contributed by atoms with Crippen LogP contribution >= 0.6 is 0 Å². The van der Waals surface area contributed by atoms with Crippen molar-refractivity contribution >= 4 is 5.91 Å². The second-order valence-corrected chi connectivity index (χ2v) is 6.43. The first-order chi connectivity index (χ1) is 11.2.